The highest BCUT2D eigenvalue weighted by Gasteiger charge is 2.35. The van der Waals surface area contributed by atoms with Gasteiger partial charge in [-0.15, -0.1) is 0 Å². The fourth-order valence-corrected chi connectivity index (χ4v) is 5.52. The Morgan fingerprint density at radius 2 is 1.47 bits per heavy atom. The highest BCUT2D eigenvalue weighted by molar-refractivity contribution is 14.1. The predicted molar refractivity (Wildman–Crippen MR) is 134 cm³/mol. The Kier molecular flexibility index (Phi) is 3.81. The number of furan rings is 1. The number of hydrogen-bond donors (Lipinski definition) is 0. The van der Waals surface area contributed by atoms with Crippen LogP contribution in [0.15, 0.2) is 89.3 Å². The van der Waals surface area contributed by atoms with E-state index < -0.39 is 0 Å². The molecule has 3 heteroatoms. The average Bonchev–Trinajstić information content (AvgIpc) is 3.27. The maximum atomic E-state index is 6.26. The van der Waals surface area contributed by atoms with E-state index in [2.05, 4.69) is 113 Å². The third kappa shape index (κ3) is 2.42. The summed E-state index contributed by atoms with van der Waals surface area (Å²) in [6.07, 6.45) is 0. The van der Waals surface area contributed by atoms with Crippen molar-refractivity contribution in [2.75, 3.05) is 3.11 Å². The lowest BCUT2D eigenvalue weighted by Gasteiger charge is -2.24. The van der Waals surface area contributed by atoms with Crippen molar-refractivity contribution in [2.45, 2.75) is 19.3 Å². The Bertz CT molecular complexity index is 1450. The topological polar surface area (TPSA) is 16.4 Å². The van der Waals surface area contributed by atoms with Gasteiger partial charge in [-0.3, -0.25) is 3.11 Å². The fourth-order valence-electron chi connectivity index (χ4n) is 4.84. The van der Waals surface area contributed by atoms with Crippen LogP contribution in [0.2, 0.25) is 0 Å². The molecule has 0 bridgehead atoms. The Labute approximate surface area is 189 Å². The molecule has 0 N–H and O–H groups in total. The maximum absolute atomic E-state index is 6.26. The van der Waals surface area contributed by atoms with Crippen molar-refractivity contribution in [1.82, 2.24) is 0 Å². The molecular weight excluding hydrogens is 481 g/mol. The summed E-state index contributed by atoms with van der Waals surface area (Å²) in [5.41, 5.74) is 9.53. The molecule has 0 spiro atoms. The van der Waals surface area contributed by atoms with Gasteiger partial charge >= 0.3 is 0 Å². The van der Waals surface area contributed by atoms with Gasteiger partial charge in [0.25, 0.3) is 0 Å². The van der Waals surface area contributed by atoms with Gasteiger partial charge in [-0.25, -0.2) is 0 Å². The zero-order chi connectivity index (χ0) is 20.5. The van der Waals surface area contributed by atoms with Gasteiger partial charge in [0.15, 0.2) is 5.58 Å². The van der Waals surface area contributed by atoms with E-state index in [4.69, 9.17) is 4.42 Å². The first kappa shape index (κ1) is 18.0. The fraction of sp³-hybridized carbons (Fsp3) is 0.111. The third-order valence-corrected chi connectivity index (χ3v) is 7.47. The minimum Gasteiger partial charge on any atom is -0.454 e. The van der Waals surface area contributed by atoms with E-state index in [9.17, 15) is 0 Å². The molecule has 0 fully saturated rings. The van der Waals surface area contributed by atoms with Crippen LogP contribution in [0.1, 0.15) is 25.0 Å². The number of halogens is 1. The Hall–Kier alpha value is -2.79. The third-order valence-electron chi connectivity index (χ3n) is 6.39. The molecule has 0 unspecified atom stereocenters. The van der Waals surface area contributed by atoms with E-state index in [1.54, 1.807) is 0 Å². The van der Waals surface area contributed by atoms with Crippen molar-refractivity contribution in [3.63, 3.8) is 0 Å². The molecule has 0 atom stereocenters. The number of hydrogen-bond acceptors (Lipinski definition) is 2. The normalized spacial score (nSPS) is 14.1. The summed E-state index contributed by atoms with van der Waals surface area (Å²) in [4.78, 5) is 0. The van der Waals surface area contributed by atoms with Crippen LogP contribution in [-0.2, 0) is 5.41 Å². The first-order chi connectivity index (χ1) is 14.6. The molecule has 0 aliphatic heterocycles. The summed E-state index contributed by atoms with van der Waals surface area (Å²) in [7, 11) is 0. The van der Waals surface area contributed by atoms with E-state index in [1.807, 2.05) is 12.1 Å². The Morgan fingerprint density at radius 3 is 2.37 bits per heavy atom. The standard InChI is InChI=1S/C27H20INO/c1-27(2)22-11-5-3-8-18(22)19-15-14-17(16-23(19)27)29(28)24-12-7-10-21-20-9-4-6-13-25(20)30-26(21)24/h3-16H,1-2H3. The summed E-state index contributed by atoms with van der Waals surface area (Å²) < 4.78 is 8.47. The monoisotopic (exact) mass is 501 g/mol. The summed E-state index contributed by atoms with van der Waals surface area (Å²) in [5.74, 6) is 0. The van der Waals surface area contributed by atoms with Gasteiger partial charge in [0.2, 0.25) is 0 Å². The van der Waals surface area contributed by atoms with E-state index in [0.717, 1.165) is 33.3 Å². The van der Waals surface area contributed by atoms with Crippen molar-refractivity contribution < 1.29 is 4.42 Å². The predicted octanol–water partition coefficient (Wildman–Crippen LogP) is 8.38. The molecule has 1 aliphatic rings. The smallest absolute Gasteiger partial charge is 0.159 e. The van der Waals surface area contributed by atoms with E-state index >= 15 is 0 Å². The molecule has 146 valence electrons. The van der Waals surface area contributed by atoms with Gasteiger partial charge in [-0.1, -0.05) is 74.5 Å². The van der Waals surface area contributed by atoms with Crippen LogP contribution >= 0.6 is 22.9 Å². The zero-order valence-electron chi connectivity index (χ0n) is 16.8. The summed E-state index contributed by atoms with van der Waals surface area (Å²) in [6, 6.07) is 30.2. The second-order valence-corrected chi connectivity index (χ2v) is 9.40. The van der Waals surface area contributed by atoms with Crippen molar-refractivity contribution >= 4 is 56.2 Å². The van der Waals surface area contributed by atoms with Crippen LogP contribution in [0, 0.1) is 0 Å². The number of anilines is 2. The van der Waals surface area contributed by atoms with Gasteiger partial charge in [-0.2, -0.15) is 0 Å². The van der Waals surface area contributed by atoms with Crippen LogP contribution in [0.25, 0.3) is 33.1 Å². The minimum absolute atomic E-state index is 0.00914. The SMILES string of the molecule is CC1(C)c2ccccc2-c2ccc(N(I)c3cccc4c3oc3ccccc34)cc21. The first-order valence-corrected chi connectivity index (χ1v) is 11.1. The number of nitrogens with zero attached hydrogens (tertiary/aromatic N) is 1. The number of rotatable bonds is 2. The quantitative estimate of drug-likeness (QED) is 0.179. The number of para-hydroxylation sites is 2. The molecule has 6 rings (SSSR count). The molecule has 2 nitrogen and oxygen atoms in total. The number of benzene rings is 4. The zero-order valence-corrected chi connectivity index (χ0v) is 19.0. The lowest BCUT2D eigenvalue weighted by Crippen LogP contribution is -2.15. The second kappa shape index (κ2) is 6.35. The lowest BCUT2D eigenvalue weighted by atomic mass is 9.82. The largest absolute Gasteiger partial charge is 0.454 e. The summed E-state index contributed by atoms with van der Waals surface area (Å²) in [6.45, 7) is 4.64. The van der Waals surface area contributed by atoms with Gasteiger partial charge in [-0.05, 0) is 46.5 Å². The van der Waals surface area contributed by atoms with E-state index in [0.29, 0.717) is 0 Å². The molecule has 0 saturated heterocycles. The summed E-state index contributed by atoms with van der Waals surface area (Å²) in [5, 5.41) is 2.31. The Morgan fingerprint density at radius 1 is 0.733 bits per heavy atom. The van der Waals surface area contributed by atoms with Crippen LogP contribution in [0.5, 0.6) is 0 Å². The van der Waals surface area contributed by atoms with Crippen molar-refractivity contribution in [3.05, 3.63) is 96.1 Å². The van der Waals surface area contributed by atoms with Crippen molar-refractivity contribution in [3.8, 4) is 11.1 Å². The van der Waals surface area contributed by atoms with E-state index in [-0.39, 0.29) is 5.41 Å². The second-order valence-electron chi connectivity index (χ2n) is 8.43. The van der Waals surface area contributed by atoms with Crippen LogP contribution in [0.3, 0.4) is 0 Å². The number of fused-ring (bicyclic) bond motifs is 6. The van der Waals surface area contributed by atoms with Gasteiger partial charge in [0.1, 0.15) is 5.58 Å². The molecular formula is C27H20INO. The molecule has 0 amide bonds. The minimum atomic E-state index is -0.00914. The molecule has 4 aromatic carbocycles. The lowest BCUT2D eigenvalue weighted by molar-refractivity contribution is 0.660. The first-order valence-electron chi connectivity index (χ1n) is 10.2. The summed E-state index contributed by atoms with van der Waals surface area (Å²) >= 11 is 2.40. The van der Waals surface area contributed by atoms with Gasteiger partial charge < -0.3 is 4.42 Å². The molecule has 0 radical (unpaired) electrons. The van der Waals surface area contributed by atoms with Crippen LogP contribution < -0.4 is 3.11 Å². The highest BCUT2D eigenvalue weighted by atomic mass is 127. The average molecular weight is 501 g/mol. The van der Waals surface area contributed by atoms with Crippen molar-refractivity contribution in [2.24, 2.45) is 0 Å². The highest BCUT2D eigenvalue weighted by Crippen LogP contribution is 2.50. The molecule has 1 aromatic heterocycles. The van der Waals surface area contributed by atoms with Gasteiger partial charge in [0, 0.05) is 16.2 Å². The maximum Gasteiger partial charge on any atom is 0.159 e. The van der Waals surface area contributed by atoms with Crippen molar-refractivity contribution in [1.29, 1.82) is 0 Å². The van der Waals surface area contributed by atoms with Crippen LogP contribution in [-0.4, -0.2) is 0 Å². The molecule has 1 aliphatic carbocycles. The molecule has 30 heavy (non-hydrogen) atoms. The van der Waals surface area contributed by atoms with Gasteiger partial charge in [0.05, 0.1) is 34.2 Å². The van der Waals surface area contributed by atoms with Crippen LogP contribution in [0.4, 0.5) is 11.4 Å². The molecule has 5 aromatic rings. The van der Waals surface area contributed by atoms with E-state index in [1.165, 1.54) is 22.3 Å². The molecule has 1 heterocycles. The molecule has 0 saturated carbocycles. The Balaban J connectivity index is 1.51.